The summed E-state index contributed by atoms with van der Waals surface area (Å²) in [7, 11) is 0. The van der Waals surface area contributed by atoms with E-state index in [9.17, 15) is 25.5 Å². The number of hydrogen-bond acceptors (Lipinski definition) is 6. The molecule has 0 aromatic heterocycles. The quantitative estimate of drug-likeness (QED) is 0.0987. The van der Waals surface area contributed by atoms with Gasteiger partial charge in [0.25, 0.3) is 0 Å². The molecule has 0 saturated heterocycles. The van der Waals surface area contributed by atoms with Crippen LogP contribution in [-0.4, -0.2) is 31.1 Å². The molecule has 0 aliphatic carbocycles. The summed E-state index contributed by atoms with van der Waals surface area (Å²) in [4.78, 5) is 0. The van der Waals surface area contributed by atoms with Crippen LogP contribution in [0.15, 0.2) is 72.8 Å². The molecule has 7 rings (SSSR count). The Morgan fingerprint density at radius 3 is 1.16 bits per heavy atom. The highest BCUT2D eigenvalue weighted by molar-refractivity contribution is 5.57. The van der Waals surface area contributed by atoms with Crippen molar-refractivity contribution in [3.63, 3.8) is 0 Å². The number of rotatable bonds is 9. The molecule has 6 aromatic carbocycles. The van der Waals surface area contributed by atoms with Crippen LogP contribution in [0.2, 0.25) is 0 Å². The topological polar surface area (TPSA) is 110 Å². The Morgan fingerprint density at radius 1 is 0.447 bits per heavy atom. The van der Waals surface area contributed by atoms with E-state index in [1.54, 1.807) is 0 Å². The van der Waals surface area contributed by atoms with Gasteiger partial charge in [0.15, 0.2) is 0 Å². The maximum Gasteiger partial charge on any atom is 0.127 e. The number of benzene rings is 6. The van der Waals surface area contributed by atoms with E-state index in [1.165, 1.54) is 44.5 Å². The van der Waals surface area contributed by atoms with Gasteiger partial charge in [0.2, 0.25) is 0 Å². The summed E-state index contributed by atoms with van der Waals surface area (Å²) in [5.41, 5.74) is 18.9. The van der Waals surface area contributed by atoms with Crippen LogP contribution >= 0.6 is 0 Å². The fourth-order valence-corrected chi connectivity index (χ4v) is 12.6. The minimum absolute atomic E-state index is 0.121. The second-order valence-electron chi connectivity index (χ2n) is 32.6. The van der Waals surface area contributed by atoms with Crippen LogP contribution in [0.4, 0.5) is 0 Å². The second-order valence-corrected chi connectivity index (χ2v) is 32.6. The van der Waals surface area contributed by atoms with Gasteiger partial charge in [-0.05, 0) is 213 Å². The lowest BCUT2D eigenvalue weighted by Crippen LogP contribution is -2.36. The van der Waals surface area contributed by atoms with Gasteiger partial charge in [-0.15, -0.1) is 0 Å². The van der Waals surface area contributed by atoms with Crippen molar-refractivity contribution in [2.45, 2.75) is 276 Å². The average Bonchev–Trinajstić information content (AvgIpc) is 1.10. The lowest BCUT2D eigenvalue weighted by Gasteiger charge is -2.40. The molecule has 0 fully saturated rings. The molecule has 0 spiro atoms. The summed E-state index contributed by atoms with van der Waals surface area (Å²) in [6.45, 7) is 60.2. The molecule has 466 valence electrons. The average molecular weight is 1160 g/mol. The summed E-state index contributed by atoms with van der Waals surface area (Å²) < 4.78 is 6.48. The van der Waals surface area contributed by atoms with Gasteiger partial charge in [-0.25, -0.2) is 0 Å². The van der Waals surface area contributed by atoms with Crippen LogP contribution in [0.5, 0.6) is 34.5 Å². The first-order chi connectivity index (χ1) is 38.6. The monoisotopic (exact) mass is 1160 g/mol. The van der Waals surface area contributed by atoms with Crippen molar-refractivity contribution in [2.75, 3.05) is 0 Å². The van der Waals surface area contributed by atoms with E-state index in [0.717, 1.165) is 87.1 Å². The minimum atomic E-state index is -0.170. The molecule has 6 heteroatoms. The molecule has 6 nitrogen and oxygen atoms in total. The third-order valence-corrected chi connectivity index (χ3v) is 17.2. The lowest BCUT2D eigenvalue weighted by molar-refractivity contribution is 0.0628. The summed E-state index contributed by atoms with van der Waals surface area (Å²) in [6.07, 6.45) is 4.60. The van der Waals surface area contributed by atoms with Gasteiger partial charge in [0.1, 0.15) is 40.1 Å². The van der Waals surface area contributed by atoms with Gasteiger partial charge in [-0.2, -0.15) is 0 Å². The van der Waals surface area contributed by atoms with Crippen LogP contribution in [0, 0.1) is 40.5 Å². The zero-order valence-electron chi connectivity index (χ0n) is 58.3. The predicted octanol–water partition coefficient (Wildman–Crippen LogP) is 21.3. The number of ether oxygens (including phenoxy) is 1. The van der Waals surface area contributed by atoms with Crippen molar-refractivity contribution in [3.05, 3.63) is 173 Å². The number of phenols is 5. The van der Waals surface area contributed by atoms with Crippen LogP contribution in [0.3, 0.4) is 0 Å². The van der Waals surface area contributed by atoms with Gasteiger partial charge in [-0.1, -0.05) is 224 Å². The molecular formula is C79H114O6. The minimum Gasteiger partial charge on any atom is -0.508 e. The number of aromatic hydroxyl groups is 5. The van der Waals surface area contributed by atoms with E-state index in [0.29, 0.717) is 47.0 Å². The fraction of sp³-hybridized carbons (Fsp3) is 0.544. The molecule has 1 aliphatic heterocycles. The van der Waals surface area contributed by atoms with Crippen LogP contribution < -0.4 is 4.74 Å². The van der Waals surface area contributed by atoms with Crippen molar-refractivity contribution in [1.82, 2.24) is 0 Å². The van der Waals surface area contributed by atoms with Gasteiger partial charge in [0, 0.05) is 12.3 Å². The molecule has 0 radical (unpaired) electrons. The number of fused-ring (bicyclic) bond motifs is 1. The summed E-state index contributed by atoms with van der Waals surface area (Å²) in [6, 6.07) is 25.5. The first-order valence-electron chi connectivity index (χ1n) is 31.6. The highest BCUT2D eigenvalue weighted by Crippen LogP contribution is 2.49. The maximum absolute atomic E-state index is 11.1. The Balaban J connectivity index is 0.000000234. The van der Waals surface area contributed by atoms with E-state index in [2.05, 4.69) is 242 Å². The van der Waals surface area contributed by atoms with E-state index in [4.69, 9.17) is 4.74 Å². The van der Waals surface area contributed by atoms with E-state index in [-0.39, 0.29) is 44.0 Å². The lowest BCUT2D eigenvalue weighted by atomic mass is 9.76. The normalized spacial score (nSPS) is 14.8. The van der Waals surface area contributed by atoms with Gasteiger partial charge in [0.05, 0.1) is 0 Å². The molecular weight excluding hydrogens is 1040 g/mol. The van der Waals surface area contributed by atoms with E-state index >= 15 is 0 Å². The standard InChI is InChI=1S/C29H44O2.C26H38O2.C24H32O2/c1-26(2,3)20-14-18(15-21(24(20)30)27(4,5)6)13-19-16-22(28(7,8)9)25(31)23(17-19)29(10,11)12;1-10-11-18(19-14-21(25(4,5)6)23(27)12-16(19)2)20-15-22(26(7,8)9)24(28)13-17(20)3;1-14(2)21-13-24(6,7)26-23-19(10-16(4)11-20(21)23)12-18-9-15(3)8-17(5)22(18)25/h14-17,30-31H,13H2,1-12H3;12-15,18,27-28H,10-11H2,1-9H3;8-11,14,21,25H,12-13H2,1-7H3. The Hall–Kier alpha value is -5.88. The first kappa shape index (κ1) is 69.9. The Morgan fingerprint density at radius 2 is 0.812 bits per heavy atom. The van der Waals surface area contributed by atoms with Crippen molar-refractivity contribution in [3.8, 4) is 34.5 Å². The highest BCUT2D eigenvalue weighted by Gasteiger charge is 2.37. The summed E-state index contributed by atoms with van der Waals surface area (Å²) in [5, 5.41) is 53.8. The predicted molar refractivity (Wildman–Crippen MR) is 362 cm³/mol. The van der Waals surface area contributed by atoms with Gasteiger partial charge in [-0.3, -0.25) is 0 Å². The number of hydrogen-bond donors (Lipinski definition) is 5. The molecule has 1 atom stereocenters. The van der Waals surface area contributed by atoms with E-state index in [1.807, 2.05) is 25.1 Å². The molecule has 6 aromatic rings. The molecule has 0 amide bonds. The largest absolute Gasteiger partial charge is 0.508 e. The van der Waals surface area contributed by atoms with Gasteiger partial charge >= 0.3 is 0 Å². The number of aryl methyl sites for hydroxylation is 5. The molecule has 1 heterocycles. The van der Waals surface area contributed by atoms with Crippen molar-refractivity contribution >= 4 is 0 Å². The smallest absolute Gasteiger partial charge is 0.127 e. The third-order valence-electron chi connectivity index (χ3n) is 17.2. The molecule has 85 heavy (non-hydrogen) atoms. The second kappa shape index (κ2) is 25.4. The fourth-order valence-electron chi connectivity index (χ4n) is 12.6. The SMILES string of the molecule is CC(C)(C)c1cc(Cc2cc(C(C)(C)C)c(O)c(C(C)(C)C)c2)cc(C(C)(C)C)c1O.CCCC(c1cc(C(C)(C)C)c(O)cc1C)c1cc(C(C)(C)C)c(O)cc1C.Cc1cc(C)c(O)c(Cc2cc(C)cc3c2OC(C)(C)CC3C(C)C)c1. The molecule has 0 bridgehead atoms. The highest BCUT2D eigenvalue weighted by atomic mass is 16.5. The Labute approximate surface area is 516 Å². The zero-order chi connectivity index (χ0) is 64.8. The Kier molecular flexibility index (Phi) is 20.9. The van der Waals surface area contributed by atoms with Gasteiger partial charge < -0.3 is 30.3 Å². The summed E-state index contributed by atoms with van der Waals surface area (Å²) >= 11 is 0. The summed E-state index contributed by atoms with van der Waals surface area (Å²) in [5.74, 6) is 4.34. The third kappa shape index (κ3) is 17.0. The number of phenolic OH excluding ortho intramolecular Hbond substituents is 5. The maximum atomic E-state index is 11.1. The van der Waals surface area contributed by atoms with Crippen LogP contribution in [-0.2, 0) is 45.3 Å². The Bertz CT molecular complexity index is 3120. The molecule has 0 saturated carbocycles. The molecule has 1 aliphatic rings. The van der Waals surface area contributed by atoms with Crippen molar-refractivity contribution in [1.29, 1.82) is 0 Å². The van der Waals surface area contributed by atoms with Crippen molar-refractivity contribution < 1.29 is 30.3 Å². The molecule has 1 unspecified atom stereocenters. The zero-order valence-corrected chi connectivity index (χ0v) is 58.3. The van der Waals surface area contributed by atoms with Crippen LogP contribution in [0.1, 0.15) is 290 Å². The molecule has 5 N–H and O–H groups in total. The van der Waals surface area contributed by atoms with Crippen LogP contribution in [0.25, 0.3) is 0 Å². The van der Waals surface area contributed by atoms with Crippen molar-refractivity contribution in [2.24, 2.45) is 5.92 Å². The first-order valence-corrected chi connectivity index (χ1v) is 31.6. The van der Waals surface area contributed by atoms with E-state index < -0.39 is 0 Å².